The van der Waals surface area contributed by atoms with E-state index < -0.39 is 0 Å². The molecule has 0 amide bonds. The summed E-state index contributed by atoms with van der Waals surface area (Å²) < 4.78 is 0. The van der Waals surface area contributed by atoms with Crippen molar-refractivity contribution < 1.29 is 0 Å². The second kappa shape index (κ2) is 6.86. The number of nitrogens with zero attached hydrogens (tertiary/aromatic N) is 1. The van der Waals surface area contributed by atoms with Crippen LogP contribution in [0.3, 0.4) is 0 Å². The monoisotopic (exact) mass is 259 g/mol. The predicted octanol–water partition coefficient (Wildman–Crippen LogP) is 3.25. The average Bonchev–Trinajstić information content (AvgIpc) is 2.26. The van der Waals surface area contributed by atoms with Gasteiger partial charge in [0.05, 0.1) is 21.8 Å². The van der Waals surface area contributed by atoms with Crippen molar-refractivity contribution in [2.45, 2.75) is 25.3 Å². The number of hydrogen-bond donors (Lipinski definition) is 2. The Morgan fingerprint density at radius 3 is 2.88 bits per heavy atom. The first kappa shape index (κ1) is 13.5. The van der Waals surface area contributed by atoms with Crippen LogP contribution >= 0.6 is 23.2 Å². The maximum Gasteiger partial charge on any atom is 0.0773 e. The van der Waals surface area contributed by atoms with Crippen molar-refractivity contribution in [1.82, 2.24) is 10.4 Å². The number of halogens is 2. The lowest BCUT2D eigenvalue weighted by atomic mass is 10.1. The van der Waals surface area contributed by atoms with E-state index in [1.54, 1.807) is 12.3 Å². The summed E-state index contributed by atoms with van der Waals surface area (Å²) in [6.45, 7) is 3.67. The zero-order chi connectivity index (χ0) is 12.0. The maximum absolute atomic E-state index is 6.05. The molecule has 0 saturated heterocycles. The first-order valence-corrected chi connectivity index (χ1v) is 5.82. The number of nitrogens with two attached hydrogens (primary N) is 1. The molecule has 0 saturated carbocycles. The zero-order valence-corrected chi connectivity index (χ0v) is 10.4. The number of allylic oxidation sites excluding steroid dienone is 1. The lowest BCUT2D eigenvalue weighted by molar-refractivity contribution is 0.490. The highest BCUT2D eigenvalue weighted by Crippen LogP contribution is 2.26. The van der Waals surface area contributed by atoms with Crippen LogP contribution in [0.2, 0.25) is 10.0 Å². The van der Waals surface area contributed by atoms with Crippen molar-refractivity contribution in [3.8, 4) is 0 Å². The van der Waals surface area contributed by atoms with E-state index in [2.05, 4.69) is 17.0 Å². The van der Waals surface area contributed by atoms with Gasteiger partial charge in [-0.25, -0.2) is 0 Å². The first-order chi connectivity index (χ1) is 7.69. The van der Waals surface area contributed by atoms with Gasteiger partial charge in [-0.3, -0.25) is 16.3 Å². The van der Waals surface area contributed by atoms with Gasteiger partial charge in [0.15, 0.2) is 0 Å². The molecule has 0 aromatic carbocycles. The Balaban J connectivity index is 2.74. The largest absolute Gasteiger partial charge is 0.271 e. The highest BCUT2D eigenvalue weighted by Gasteiger charge is 2.14. The molecular formula is C11H15Cl2N3. The summed E-state index contributed by atoms with van der Waals surface area (Å²) in [7, 11) is 0. The molecule has 0 aliphatic carbocycles. The maximum atomic E-state index is 6.05. The van der Waals surface area contributed by atoms with Crippen LogP contribution in [-0.4, -0.2) is 4.98 Å². The third-order valence-corrected chi connectivity index (χ3v) is 2.78. The van der Waals surface area contributed by atoms with Crippen molar-refractivity contribution in [3.63, 3.8) is 0 Å². The van der Waals surface area contributed by atoms with Crippen LogP contribution in [0.5, 0.6) is 0 Å². The van der Waals surface area contributed by atoms with E-state index in [9.17, 15) is 0 Å². The van der Waals surface area contributed by atoms with Crippen LogP contribution in [0.4, 0.5) is 0 Å². The van der Waals surface area contributed by atoms with Gasteiger partial charge >= 0.3 is 0 Å². The zero-order valence-electron chi connectivity index (χ0n) is 8.92. The molecule has 1 heterocycles. The van der Waals surface area contributed by atoms with E-state index in [-0.39, 0.29) is 6.04 Å². The molecule has 3 nitrogen and oxygen atoms in total. The molecular weight excluding hydrogens is 245 g/mol. The summed E-state index contributed by atoms with van der Waals surface area (Å²) in [5, 5.41) is 1.06. The molecule has 0 spiro atoms. The summed E-state index contributed by atoms with van der Waals surface area (Å²) in [6, 6.07) is 1.62. The second-order valence-corrected chi connectivity index (χ2v) is 4.30. The third-order valence-electron chi connectivity index (χ3n) is 2.27. The van der Waals surface area contributed by atoms with Crippen LogP contribution in [0.25, 0.3) is 0 Å². The Hall–Kier alpha value is -0.610. The van der Waals surface area contributed by atoms with Gasteiger partial charge in [0.2, 0.25) is 0 Å². The fraction of sp³-hybridized carbons (Fsp3) is 0.364. The third kappa shape index (κ3) is 3.76. The quantitative estimate of drug-likeness (QED) is 0.357. The minimum Gasteiger partial charge on any atom is -0.271 e. The molecule has 0 aliphatic rings. The van der Waals surface area contributed by atoms with E-state index in [1.807, 2.05) is 6.08 Å². The van der Waals surface area contributed by atoms with Crippen LogP contribution in [-0.2, 0) is 0 Å². The van der Waals surface area contributed by atoms with E-state index in [0.29, 0.717) is 10.0 Å². The molecule has 3 N–H and O–H groups in total. The van der Waals surface area contributed by atoms with Crippen LogP contribution in [0, 0.1) is 0 Å². The van der Waals surface area contributed by atoms with Crippen molar-refractivity contribution in [2.75, 3.05) is 0 Å². The molecule has 0 radical (unpaired) electrons. The predicted molar refractivity (Wildman–Crippen MR) is 68.4 cm³/mol. The van der Waals surface area contributed by atoms with Crippen molar-refractivity contribution >= 4 is 23.2 Å². The van der Waals surface area contributed by atoms with E-state index in [0.717, 1.165) is 25.0 Å². The first-order valence-electron chi connectivity index (χ1n) is 5.07. The molecule has 0 aliphatic heterocycles. The summed E-state index contributed by atoms with van der Waals surface area (Å²) in [4.78, 5) is 4.20. The number of unbranched alkanes of at least 4 members (excludes halogenated alkanes) is 1. The van der Waals surface area contributed by atoms with E-state index in [1.165, 1.54) is 0 Å². The Bertz CT molecular complexity index is 355. The van der Waals surface area contributed by atoms with Crippen LogP contribution in [0.15, 0.2) is 24.9 Å². The molecule has 0 fully saturated rings. The lowest BCUT2D eigenvalue weighted by Crippen LogP contribution is -2.28. The van der Waals surface area contributed by atoms with Gasteiger partial charge < -0.3 is 0 Å². The van der Waals surface area contributed by atoms with Crippen LogP contribution < -0.4 is 11.3 Å². The van der Waals surface area contributed by atoms with Crippen molar-refractivity contribution in [3.05, 3.63) is 40.7 Å². The lowest BCUT2D eigenvalue weighted by Gasteiger charge is -2.16. The topological polar surface area (TPSA) is 50.9 Å². The standard InChI is InChI=1S/C11H15Cl2N3/c1-2-3-4-5-10(16-14)11-9(13)6-8(12)7-15-11/h2,6-7,10,16H,1,3-5,14H2. The van der Waals surface area contributed by atoms with Gasteiger partial charge in [-0.1, -0.05) is 29.3 Å². The van der Waals surface area contributed by atoms with Gasteiger partial charge in [-0.15, -0.1) is 6.58 Å². The molecule has 1 atom stereocenters. The highest BCUT2D eigenvalue weighted by molar-refractivity contribution is 6.34. The molecule has 1 unspecified atom stereocenters. The molecule has 0 bridgehead atoms. The second-order valence-electron chi connectivity index (χ2n) is 3.46. The normalized spacial score (nSPS) is 12.4. The molecule has 1 aromatic rings. The number of nitrogens with one attached hydrogen (secondary N) is 1. The number of aromatic nitrogens is 1. The summed E-state index contributed by atoms with van der Waals surface area (Å²) in [6.07, 6.45) is 6.24. The Kier molecular flexibility index (Phi) is 5.77. The van der Waals surface area contributed by atoms with E-state index in [4.69, 9.17) is 29.0 Å². The Morgan fingerprint density at radius 1 is 1.56 bits per heavy atom. The van der Waals surface area contributed by atoms with Crippen molar-refractivity contribution in [2.24, 2.45) is 5.84 Å². The summed E-state index contributed by atoms with van der Waals surface area (Å²) in [5.74, 6) is 5.49. The molecule has 1 aromatic heterocycles. The van der Waals surface area contributed by atoms with Crippen molar-refractivity contribution in [1.29, 1.82) is 0 Å². The van der Waals surface area contributed by atoms with Gasteiger partial charge in [-0.2, -0.15) is 0 Å². The van der Waals surface area contributed by atoms with Gasteiger partial charge in [-0.05, 0) is 25.3 Å². The molecule has 5 heteroatoms. The van der Waals surface area contributed by atoms with Crippen LogP contribution in [0.1, 0.15) is 31.0 Å². The fourth-order valence-electron chi connectivity index (χ4n) is 1.45. The summed E-state index contributed by atoms with van der Waals surface area (Å²) in [5.41, 5.74) is 3.45. The number of hydrogen-bond acceptors (Lipinski definition) is 3. The number of pyridine rings is 1. The van der Waals surface area contributed by atoms with E-state index >= 15 is 0 Å². The SMILES string of the molecule is C=CCCCC(NN)c1ncc(Cl)cc1Cl. The smallest absolute Gasteiger partial charge is 0.0773 e. The fourth-order valence-corrected chi connectivity index (χ4v) is 1.96. The Morgan fingerprint density at radius 2 is 2.31 bits per heavy atom. The number of rotatable bonds is 6. The molecule has 16 heavy (non-hydrogen) atoms. The average molecular weight is 260 g/mol. The van der Waals surface area contributed by atoms with Gasteiger partial charge in [0.25, 0.3) is 0 Å². The minimum atomic E-state index is -0.0512. The van der Waals surface area contributed by atoms with Gasteiger partial charge in [0.1, 0.15) is 0 Å². The molecule has 88 valence electrons. The molecule has 1 rings (SSSR count). The van der Waals surface area contributed by atoms with Gasteiger partial charge in [0, 0.05) is 6.20 Å². The minimum absolute atomic E-state index is 0.0512. The highest BCUT2D eigenvalue weighted by atomic mass is 35.5. The summed E-state index contributed by atoms with van der Waals surface area (Å²) >= 11 is 11.8. The Labute approximate surface area is 106 Å². The number of hydrazine groups is 1.